The van der Waals surface area contributed by atoms with Crippen molar-refractivity contribution in [3.05, 3.63) is 71.0 Å². The number of benzene rings is 2. The number of hydrogen-bond acceptors (Lipinski definition) is 2. The highest BCUT2D eigenvalue weighted by atomic mass is 19.1. The molecule has 0 aliphatic rings. The molecule has 2 N–H and O–H groups in total. The van der Waals surface area contributed by atoms with Crippen LogP contribution in [-0.2, 0) is 0 Å². The molecule has 0 spiro atoms. The molecule has 2 nitrogen and oxygen atoms in total. The lowest BCUT2D eigenvalue weighted by molar-refractivity contribution is 0.235. The molecule has 0 radical (unpaired) electrons. The molecule has 2 rings (SSSR count). The summed E-state index contributed by atoms with van der Waals surface area (Å²) in [5, 5.41) is 12.9. The molecule has 106 valence electrons. The molecule has 2 aromatic carbocycles. The first-order chi connectivity index (χ1) is 9.61. The predicted molar refractivity (Wildman–Crippen MR) is 79.0 cm³/mol. The van der Waals surface area contributed by atoms with Gasteiger partial charge in [-0.05, 0) is 36.6 Å². The SMILES string of the molecule is Cc1ccc(C(C)NC(CO)c2ccccc2)cc1F. The van der Waals surface area contributed by atoms with Crippen molar-refractivity contribution in [1.29, 1.82) is 0 Å². The van der Waals surface area contributed by atoms with E-state index in [0.29, 0.717) is 5.56 Å². The van der Waals surface area contributed by atoms with Gasteiger partial charge in [0.05, 0.1) is 12.6 Å². The number of aryl methyl sites for hydroxylation is 1. The second-order valence-corrected chi connectivity index (χ2v) is 5.04. The maximum atomic E-state index is 13.6. The van der Waals surface area contributed by atoms with E-state index in [1.54, 1.807) is 19.1 Å². The van der Waals surface area contributed by atoms with E-state index in [2.05, 4.69) is 5.32 Å². The molecule has 0 heterocycles. The average Bonchev–Trinajstić information content (AvgIpc) is 2.48. The van der Waals surface area contributed by atoms with E-state index in [1.165, 1.54) is 0 Å². The topological polar surface area (TPSA) is 32.3 Å². The van der Waals surface area contributed by atoms with E-state index in [-0.39, 0.29) is 24.5 Å². The van der Waals surface area contributed by atoms with E-state index in [4.69, 9.17) is 0 Å². The fourth-order valence-electron chi connectivity index (χ4n) is 2.22. The Labute approximate surface area is 119 Å². The maximum absolute atomic E-state index is 13.6. The van der Waals surface area contributed by atoms with Crippen LogP contribution in [0.3, 0.4) is 0 Å². The van der Waals surface area contributed by atoms with Crippen molar-refractivity contribution in [3.63, 3.8) is 0 Å². The molecule has 2 atom stereocenters. The summed E-state index contributed by atoms with van der Waals surface area (Å²) in [5.74, 6) is -0.198. The zero-order chi connectivity index (χ0) is 14.5. The number of rotatable bonds is 5. The second-order valence-electron chi connectivity index (χ2n) is 5.04. The molecule has 2 unspecified atom stereocenters. The number of nitrogens with one attached hydrogen (secondary N) is 1. The van der Waals surface area contributed by atoms with Gasteiger partial charge in [0.2, 0.25) is 0 Å². The third kappa shape index (κ3) is 3.44. The molecular weight excluding hydrogens is 253 g/mol. The molecule has 20 heavy (non-hydrogen) atoms. The van der Waals surface area contributed by atoms with Gasteiger partial charge < -0.3 is 10.4 Å². The van der Waals surface area contributed by atoms with Gasteiger partial charge in [0, 0.05) is 6.04 Å². The van der Waals surface area contributed by atoms with Gasteiger partial charge in [-0.1, -0.05) is 42.5 Å². The van der Waals surface area contributed by atoms with Gasteiger partial charge >= 0.3 is 0 Å². The average molecular weight is 273 g/mol. The summed E-state index contributed by atoms with van der Waals surface area (Å²) in [6, 6.07) is 14.8. The molecular formula is C17H20FNO. The van der Waals surface area contributed by atoms with Crippen molar-refractivity contribution < 1.29 is 9.50 Å². The first-order valence-corrected chi connectivity index (χ1v) is 6.79. The highest BCUT2D eigenvalue weighted by molar-refractivity contribution is 5.26. The number of aliphatic hydroxyl groups is 1. The summed E-state index contributed by atoms with van der Waals surface area (Å²) in [5.41, 5.74) is 2.54. The van der Waals surface area contributed by atoms with Gasteiger partial charge in [0.25, 0.3) is 0 Å². The first kappa shape index (κ1) is 14.7. The lowest BCUT2D eigenvalue weighted by Crippen LogP contribution is -2.27. The molecule has 0 saturated carbocycles. The van der Waals surface area contributed by atoms with Gasteiger partial charge in [-0.25, -0.2) is 4.39 Å². The van der Waals surface area contributed by atoms with Crippen molar-refractivity contribution in [2.24, 2.45) is 0 Å². The molecule has 0 aromatic heterocycles. The summed E-state index contributed by atoms with van der Waals surface area (Å²) in [7, 11) is 0. The number of hydrogen-bond donors (Lipinski definition) is 2. The highest BCUT2D eigenvalue weighted by Gasteiger charge is 2.15. The smallest absolute Gasteiger partial charge is 0.126 e. The summed E-state index contributed by atoms with van der Waals surface area (Å²) < 4.78 is 13.6. The Kier molecular flexibility index (Phi) is 4.88. The normalized spacial score (nSPS) is 14.0. The van der Waals surface area contributed by atoms with Crippen molar-refractivity contribution in [2.75, 3.05) is 6.61 Å². The molecule has 0 fully saturated rings. The monoisotopic (exact) mass is 273 g/mol. The van der Waals surface area contributed by atoms with Crippen LogP contribution in [0.4, 0.5) is 4.39 Å². The highest BCUT2D eigenvalue weighted by Crippen LogP contribution is 2.21. The Morgan fingerprint density at radius 3 is 2.40 bits per heavy atom. The molecule has 0 bridgehead atoms. The molecule has 0 aliphatic carbocycles. The van der Waals surface area contributed by atoms with E-state index in [9.17, 15) is 9.50 Å². The zero-order valence-electron chi connectivity index (χ0n) is 11.8. The Balaban J connectivity index is 2.13. The fourth-order valence-corrected chi connectivity index (χ4v) is 2.22. The van der Waals surface area contributed by atoms with Crippen LogP contribution >= 0.6 is 0 Å². The lowest BCUT2D eigenvalue weighted by Gasteiger charge is -2.22. The number of halogens is 1. The van der Waals surface area contributed by atoms with E-state index in [0.717, 1.165) is 11.1 Å². The van der Waals surface area contributed by atoms with E-state index in [1.807, 2.05) is 43.3 Å². The van der Waals surface area contributed by atoms with Crippen LogP contribution in [0.1, 0.15) is 35.7 Å². The predicted octanol–water partition coefficient (Wildman–Crippen LogP) is 3.52. The molecule has 3 heteroatoms. The summed E-state index contributed by atoms with van der Waals surface area (Å²) in [6.07, 6.45) is 0. The summed E-state index contributed by atoms with van der Waals surface area (Å²) in [6.45, 7) is 3.72. The number of aliphatic hydroxyl groups excluding tert-OH is 1. The quantitative estimate of drug-likeness (QED) is 0.873. The minimum atomic E-state index is -0.198. The Morgan fingerprint density at radius 2 is 1.80 bits per heavy atom. The second kappa shape index (κ2) is 6.64. The van der Waals surface area contributed by atoms with Gasteiger partial charge in [0.15, 0.2) is 0 Å². The fraction of sp³-hybridized carbons (Fsp3) is 0.294. The largest absolute Gasteiger partial charge is 0.394 e. The van der Waals surface area contributed by atoms with Crippen LogP contribution in [0.15, 0.2) is 48.5 Å². The summed E-state index contributed by atoms with van der Waals surface area (Å²) >= 11 is 0. The van der Waals surface area contributed by atoms with E-state index < -0.39 is 0 Å². The lowest BCUT2D eigenvalue weighted by atomic mass is 10.0. The van der Waals surface area contributed by atoms with Crippen LogP contribution in [0.25, 0.3) is 0 Å². The van der Waals surface area contributed by atoms with Crippen LogP contribution < -0.4 is 5.32 Å². The zero-order valence-corrected chi connectivity index (χ0v) is 11.8. The minimum absolute atomic E-state index is 0.00268. The summed E-state index contributed by atoms with van der Waals surface area (Å²) in [4.78, 5) is 0. The standard InChI is InChI=1S/C17H20FNO/c1-12-8-9-15(10-16(12)18)13(2)19-17(11-20)14-6-4-3-5-7-14/h3-10,13,17,19-20H,11H2,1-2H3. The Hall–Kier alpha value is -1.71. The molecule has 0 saturated heterocycles. The maximum Gasteiger partial charge on any atom is 0.126 e. The molecule has 2 aromatic rings. The third-order valence-corrected chi connectivity index (χ3v) is 3.53. The van der Waals surface area contributed by atoms with Crippen LogP contribution in [0.5, 0.6) is 0 Å². The third-order valence-electron chi connectivity index (χ3n) is 3.53. The Bertz CT molecular complexity index is 556. The van der Waals surface area contributed by atoms with Crippen molar-refractivity contribution in [1.82, 2.24) is 5.32 Å². The van der Waals surface area contributed by atoms with Gasteiger partial charge in [-0.15, -0.1) is 0 Å². The van der Waals surface area contributed by atoms with Crippen LogP contribution in [0, 0.1) is 12.7 Å². The van der Waals surface area contributed by atoms with E-state index >= 15 is 0 Å². The van der Waals surface area contributed by atoms with Crippen molar-refractivity contribution in [3.8, 4) is 0 Å². The molecule has 0 amide bonds. The van der Waals surface area contributed by atoms with Crippen molar-refractivity contribution >= 4 is 0 Å². The van der Waals surface area contributed by atoms with Crippen LogP contribution in [0.2, 0.25) is 0 Å². The molecule has 0 aliphatic heterocycles. The van der Waals surface area contributed by atoms with Gasteiger partial charge in [0.1, 0.15) is 5.82 Å². The van der Waals surface area contributed by atoms with Crippen LogP contribution in [-0.4, -0.2) is 11.7 Å². The van der Waals surface area contributed by atoms with Gasteiger partial charge in [-0.3, -0.25) is 0 Å². The van der Waals surface area contributed by atoms with Gasteiger partial charge in [-0.2, -0.15) is 0 Å². The first-order valence-electron chi connectivity index (χ1n) is 6.79. The minimum Gasteiger partial charge on any atom is -0.394 e. The Morgan fingerprint density at radius 1 is 1.10 bits per heavy atom. The van der Waals surface area contributed by atoms with Crippen molar-refractivity contribution in [2.45, 2.75) is 25.9 Å².